The molecular weight excluding hydrogens is 442 g/mol. The van der Waals surface area contributed by atoms with E-state index in [1.807, 2.05) is 24.3 Å². The third kappa shape index (κ3) is 7.10. The predicted octanol–water partition coefficient (Wildman–Crippen LogP) is 3.33. The van der Waals surface area contributed by atoms with Gasteiger partial charge in [-0.25, -0.2) is 9.97 Å². The third-order valence-electron chi connectivity index (χ3n) is 5.89. The number of nitrogens with two attached hydrogens (primary N) is 2. The van der Waals surface area contributed by atoms with Crippen molar-refractivity contribution < 1.29 is 14.3 Å². The van der Waals surface area contributed by atoms with Crippen LogP contribution < -0.4 is 16.8 Å². The molecule has 5 N–H and O–H groups in total. The zero-order chi connectivity index (χ0) is 25.4. The Morgan fingerprint density at radius 2 is 1.60 bits per heavy atom. The lowest BCUT2D eigenvalue weighted by molar-refractivity contribution is -0.144. The summed E-state index contributed by atoms with van der Waals surface area (Å²) in [7, 11) is 0. The van der Waals surface area contributed by atoms with Gasteiger partial charge >= 0.3 is 5.97 Å². The molecule has 0 saturated carbocycles. The number of amides is 1. The summed E-state index contributed by atoms with van der Waals surface area (Å²) in [5.41, 5.74) is 15.9. The minimum Gasteiger partial charge on any atom is -0.465 e. The number of hydrogen-bond acceptors (Lipinski definition) is 7. The van der Waals surface area contributed by atoms with Crippen LogP contribution in [0, 0.1) is 5.92 Å². The van der Waals surface area contributed by atoms with Gasteiger partial charge in [0.15, 0.2) is 0 Å². The van der Waals surface area contributed by atoms with Crippen molar-refractivity contribution in [2.24, 2.45) is 11.7 Å². The number of nitrogens with one attached hydrogen (secondary N) is 1. The number of esters is 1. The first-order chi connectivity index (χ1) is 16.8. The Kier molecular flexibility index (Phi) is 8.92. The molecule has 0 bridgehead atoms. The van der Waals surface area contributed by atoms with Crippen LogP contribution in [0.25, 0.3) is 11.1 Å². The van der Waals surface area contributed by atoms with E-state index in [4.69, 9.17) is 16.2 Å². The summed E-state index contributed by atoms with van der Waals surface area (Å²) in [6.07, 6.45) is 3.76. The maximum Gasteiger partial charge on any atom is 0.323 e. The van der Waals surface area contributed by atoms with E-state index in [2.05, 4.69) is 41.3 Å². The second-order valence-electron chi connectivity index (χ2n) is 8.77. The molecule has 184 valence electrons. The minimum absolute atomic E-state index is 0.146. The van der Waals surface area contributed by atoms with Crippen molar-refractivity contribution in [3.8, 4) is 11.1 Å². The second-order valence-corrected chi connectivity index (χ2v) is 8.77. The maximum atomic E-state index is 12.8. The van der Waals surface area contributed by atoms with E-state index in [-0.39, 0.29) is 17.8 Å². The summed E-state index contributed by atoms with van der Waals surface area (Å²) in [5, 5.41) is 3.05. The Labute approximate surface area is 206 Å². The van der Waals surface area contributed by atoms with Crippen LogP contribution in [0.1, 0.15) is 48.2 Å². The molecule has 3 aromatic rings. The van der Waals surface area contributed by atoms with Crippen LogP contribution in [0.3, 0.4) is 0 Å². The molecule has 0 aliphatic heterocycles. The Bertz CT molecular complexity index is 1110. The Morgan fingerprint density at radius 3 is 2.17 bits per heavy atom. The lowest BCUT2D eigenvalue weighted by Crippen LogP contribution is -2.34. The first kappa shape index (κ1) is 25.8. The van der Waals surface area contributed by atoms with Gasteiger partial charge in [-0.3, -0.25) is 9.59 Å². The molecule has 8 nitrogen and oxygen atoms in total. The average molecular weight is 476 g/mol. The number of ether oxygens (including phenoxy) is 1. The van der Waals surface area contributed by atoms with Gasteiger partial charge in [0.25, 0.3) is 5.91 Å². The molecule has 0 aliphatic rings. The van der Waals surface area contributed by atoms with E-state index in [1.54, 1.807) is 31.5 Å². The average Bonchev–Trinajstić information content (AvgIpc) is 2.85. The molecule has 1 heterocycles. The molecule has 0 unspecified atom stereocenters. The van der Waals surface area contributed by atoms with Gasteiger partial charge in [0, 0.05) is 36.0 Å². The number of aromatic nitrogens is 2. The first-order valence-electron chi connectivity index (χ1n) is 11.8. The quantitative estimate of drug-likeness (QED) is 0.383. The summed E-state index contributed by atoms with van der Waals surface area (Å²) < 4.78 is 4.94. The largest absolute Gasteiger partial charge is 0.465 e. The Hall–Kier alpha value is -3.78. The zero-order valence-corrected chi connectivity index (χ0v) is 20.4. The predicted molar refractivity (Wildman–Crippen MR) is 137 cm³/mol. The summed E-state index contributed by atoms with van der Waals surface area (Å²) >= 11 is 0. The van der Waals surface area contributed by atoms with Crippen LogP contribution in [0.2, 0.25) is 0 Å². The van der Waals surface area contributed by atoms with Crippen LogP contribution in [0.15, 0.2) is 60.9 Å². The molecule has 0 saturated heterocycles. The maximum absolute atomic E-state index is 12.8. The van der Waals surface area contributed by atoms with Crippen LogP contribution in [0.5, 0.6) is 0 Å². The van der Waals surface area contributed by atoms with Crippen LogP contribution in [-0.2, 0) is 16.0 Å². The van der Waals surface area contributed by atoms with Gasteiger partial charge in [-0.2, -0.15) is 0 Å². The van der Waals surface area contributed by atoms with Crippen molar-refractivity contribution in [3.63, 3.8) is 0 Å². The van der Waals surface area contributed by atoms with Crippen molar-refractivity contribution in [3.05, 3.63) is 77.6 Å². The minimum atomic E-state index is -0.722. The van der Waals surface area contributed by atoms with E-state index >= 15 is 0 Å². The molecule has 0 fully saturated rings. The van der Waals surface area contributed by atoms with Crippen molar-refractivity contribution >= 4 is 17.8 Å². The molecule has 1 amide bonds. The topological polar surface area (TPSA) is 133 Å². The monoisotopic (exact) mass is 475 g/mol. The fourth-order valence-electron chi connectivity index (χ4n) is 3.83. The van der Waals surface area contributed by atoms with E-state index in [0.29, 0.717) is 31.1 Å². The summed E-state index contributed by atoms with van der Waals surface area (Å²) in [6.45, 7) is 6.83. The highest BCUT2D eigenvalue weighted by molar-refractivity contribution is 5.94. The summed E-state index contributed by atoms with van der Waals surface area (Å²) in [5.74, 6) is 0.151. The van der Waals surface area contributed by atoms with Crippen LogP contribution in [-0.4, -0.2) is 41.0 Å². The molecular formula is C27H33N5O3. The first-order valence-corrected chi connectivity index (χ1v) is 11.8. The van der Waals surface area contributed by atoms with Gasteiger partial charge in [0.2, 0.25) is 5.95 Å². The fourth-order valence-corrected chi connectivity index (χ4v) is 3.83. The van der Waals surface area contributed by atoms with Gasteiger partial charge in [-0.1, -0.05) is 50.2 Å². The molecule has 0 radical (unpaired) electrons. The van der Waals surface area contributed by atoms with Crippen molar-refractivity contribution in [2.45, 2.75) is 39.2 Å². The number of benzene rings is 2. The summed E-state index contributed by atoms with van der Waals surface area (Å²) in [6, 6.07) is 14.6. The Morgan fingerprint density at radius 1 is 0.971 bits per heavy atom. The molecule has 1 aromatic heterocycles. The van der Waals surface area contributed by atoms with Crippen molar-refractivity contribution in [1.82, 2.24) is 15.3 Å². The highest BCUT2D eigenvalue weighted by Crippen LogP contribution is 2.27. The third-order valence-corrected chi connectivity index (χ3v) is 5.89. The molecule has 3 rings (SSSR count). The molecule has 2 aromatic carbocycles. The summed E-state index contributed by atoms with van der Waals surface area (Å²) in [4.78, 5) is 32.6. The number of rotatable bonds is 10. The van der Waals surface area contributed by atoms with Crippen LogP contribution >= 0.6 is 0 Å². The molecule has 0 aliphatic carbocycles. The molecule has 35 heavy (non-hydrogen) atoms. The lowest BCUT2D eigenvalue weighted by Gasteiger charge is -2.22. The van der Waals surface area contributed by atoms with E-state index in [0.717, 1.165) is 22.3 Å². The number of anilines is 1. The number of carbonyl (C=O) groups excluding carboxylic acids is 2. The van der Waals surface area contributed by atoms with Gasteiger partial charge in [-0.15, -0.1) is 0 Å². The molecule has 0 spiro atoms. The number of nitrogen functional groups attached to an aromatic ring is 1. The standard InChI is InChI=1S/C27H33N5O3/c1-4-35-26(34)24(28)13-18-5-7-21(8-6-18)25(33)30-16-23(17(2)3)20-11-9-19(10-12-20)22-14-31-27(29)32-15-22/h5-12,14-15,17,23-24H,4,13,16,28H2,1-3H3,(H,30,33)(H2,29,31,32)/t23-,24+/m1/s1. The van der Waals surface area contributed by atoms with E-state index < -0.39 is 12.0 Å². The van der Waals surface area contributed by atoms with Gasteiger partial charge in [0.05, 0.1) is 6.61 Å². The van der Waals surface area contributed by atoms with Crippen molar-refractivity contribution in [1.29, 1.82) is 0 Å². The van der Waals surface area contributed by atoms with Gasteiger partial charge < -0.3 is 21.5 Å². The Balaban J connectivity index is 1.60. The van der Waals surface area contributed by atoms with Crippen molar-refractivity contribution in [2.75, 3.05) is 18.9 Å². The molecule has 8 heteroatoms. The highest BCUT2D eigenvalue weighted by atomic mass is 16.5. The normalized spacial score (nSPS) is 12.7. The van der Waals surface area contributed by atoms with Gasteiger partial charge in [0.1, 0.15) is 6.04 Å². The highest BCUT2D eigenvalue weighted by Gasteiger charge is 2.19. The van der Waals surface area contributed by atoms with Gasteiger partial charge in [-0.05, 0) is 48.1 Å². The smallest absolute Gasteiger partial charge is 0.323 e. The second kappa shape index (κ2) is 12.1. The van der Waals surface area contributed by atoms with E-state index in [1.165, 1.54) is 0 Å². The van der Waals surface area contributed by atoms with Crippen LogP contribution in [0.4, 0.5) is 5.95 Å². The lowest BCUT2D eigenvalue weighted by atomic mass is 9.87. The number of carbonyl (C=O) groups is 2. The fraction of sp³-hybridized carbons (Fsp3) is 0.333. The zero-order valence-electron chi connectivity index (χ0n) is 20.4. The van der Waals surface area contributed by atoms with E-state index in [9.17, 15) is 9.59 Å². The number of nitrogens with zero attached hydrogens (tertiary/aromatic N) is 2. The number of hydrogen-bond donors (Lipinski definition) is 3. The molecule has 2 atom stereocenters. The SMILES string of the molecule is CCOC(=O)[C@@H](N)Cc1ccc(C(=O)NC[C@@H](c2ccc(-c3cnc(N)nc3)cc2)C(C)C)cc1.